The van der Waals surface area contributed by atoms with Gasteiger partial charge in [-0.05, 0) is 11.5 Å². The van der Waals surface area contributed by atoms with Crippen LogP contribution in [0.25, 0.3) is 10.8 Å². The summed E-state index contributed by atoms with van der Waals surface area (Å²) < 4.78 is 5.76. The highest BCUT2D eigenvalue weighted by molar-refractivity contribution is 6.26. The normalized spacial score (nSPS) is 33.7. The molecule has 0 aromatic heterocycles. The Hall–Kier alpha value is -2.50. The van der Waals surface area contributed by atoms with Gasteiger partial charge in [0.1, 0.15) is 5.60 Å². The number of ether oxygens (including phenoxy) is 1. The van der Waals surface area contributed by atoms with Crippen LogP contribution in [0.2, 0.25) is 0 Å². The molecule has 5 nitrogen and oxygen atoms in total. The highest BCUT2D eigenvalue weighted by Crippen LogP contribution is 2.52. The lowest BCUT2D eigenvalue weighted by Crippen LogP contribution is -2.43. The molecule has 0 unspecified atom stereocenters. The number of aliphatic hydroxyl groups is 1. The van der Waals surface area contributed by atoms with E-state index < -0.39 is 23.5 Å². The lowest BCUT2D eigenvalue weighted by molar-refractivity contribution is -0.128. The van der Waals surface area contributed by atoms with Crippen LogP contribution in [0.3, 0.4) is 0 Å². The van der Waals surface area contributed by atoms with Crippen molar-refractivity contribution in [3.05, 3.63) is 54.6 Å². The Bertz CT molecular complexity index is 915. The summed E-state index contributed by atoms with van der Waals surface area (Å²) in [6.07, 6.45) is 3.09. The molecular formula is C19H15NO4. The number of benzene rings is 2. The van der Waals surface area contributed by atoms with Crippen molar-refractivity contribution >= 4 is 28.3 Å². The van der Waals surface area contributed by atoms with Crippen molar-refractivity contribution < 1.29 is 19.4 Å². The minimum atomic E-state index is -1.05. The van der Waals surface area contributed by atoms with Gasteiger partial charge >= 0.3 is 0 Å². The molecule has 4 atom stereocenters. The Kier molecular flexibility index (Phi) is 2.62. The quantitative estimate of drug-likeness (QED) is 0.674. The smallest absolute Gasteiger partial charge is 0.241 e. The molecule has 0 radical (unpaired) electrons. The maximum Gasteiger partial charge on any atom is 0.241 e. The zero-order valence-electron chi connectivity index (χ0n) is 12.8. The molecule has 1 N–H and O–H groups in total. The number of fused-ring (bicyclic) bond motifs is 6. The van der Waals surface area contributed by atoms with Crippen LogP contribution in [0.4, 0.5) is 5.69 Å². The number of amides is 2. The summed E-state index contributed by atoms with van der Waals surface area (Å²) in [5.41, 5.74) is -0.452. The second kappa shape index (κ2) is 4.53. The fraction of sp³-hybridized carbons (Fsp3) is 0.263. The molecule has 0 saturated carbocycles. The van der Waals surface area contributed by atoms with Crippen LogP contribution in [-0.4, -0.2) is 35.2 Å². The number of carbonyl (C=O) groups is 2. The van der Waals surface area contributed by atoms with Gasteiger partial charge in [-0.25, -0.2) is 4.90 Å². The van der Waals surface area contributed by atoms with E-state index in [1.165, 1.54) is 4.90 Å². The molecule has 2 aromatic carbocycles. The van der Waals surface area contributed by atoms with Crippen molar-refractivity contribution in [2.45, 2.75) is 11.7 Å². The molecule has 2 amide bonds. The third-order valence-corrected chi connectivity index (χ3v) is 5.41. The van der Waals surface area contributed by atoms with Gasteiger partial charge in [-0.3, -0.25) is 9.59 Å². The van der Waals surface area contributed by atoms with Crippen LogP contribution in [0, 0.1) is 11.8 Å². The van der Waals surface area contributed by atoms with E-state index >= 15 is 0 Å². The average molecular weight is 321 g/mol. The molecule has 5 rings (SSSR count). The highest BCUT2D eigenvalue weighted by atomic mass is 16.5. The van der Waals surface area contributed by atoms with Gasteiger partial charge in [-0.1, -0.05) is 48.6 Å². The first-order valence-electron chi connectivity index (χ1n) is 8.00. The first-order valence-corrected chi connectivity index (χ1v) is 8.00. The van der Waals surface area contributed by atoms with Gasteiger partial charge in [0.25, 0.3) is 0 Å². The third kappa shape index (κ3) is 1.51. The van der Waals surface area contributed by atoms with Crippen LogP contribution < -0.4 is 4.90 Å². The van der Waals surface area contributed by atoms with E-state index in [1.54, 1.807) is 18.2 Å². The Morgan fingerprint density at radius 1 is 1.08 bits per heavy atom. The number of anilines is 1. The van der Waals surface area contributed by atoms with E-state index in [0.717, 1.165) is 10.8 Å². The summed E-state index contributed by atoms with van der Waals surface area (Å²) in [7, 11) is 0. The third-order valence-electron chi connectivity index (χ3n) is 5.41. The molecule has 120 valence electrons. The fourth-order valence-corrected chi connectivity index (χ4v) is 4.32. The minimum absolute atomic E-state index is 0.244. The molecule has 0 aliphatic carbocycles. The maximum atomic E-state index is 13.1. The van der Waals surface area contributed by atoms with Crippen LogP contribution in [0.5, 0.6) is 0 Å². The van der Waals surface area contributed by atoms with Crippen LogP contribution in [0.1, 0.15) is 0 Å². The van der Waals surface area contributed by atoms with Crippen molar-refractivity contribution in [2.75, 3.05) is 11.5 Å². The van der Waals surface area contributed by atoms with Crippen molar-refractivity contribution in [1.29, 1.82) is 0 Å². The monoisotopic (exact) mass is 321 g/mol. The van der Waals surface area contributed by atoms with Gasteiger partial charge in [0, 0.05) is 5.39 Å². The predicted molar refractivity (Wildman–Crippen MR) is 87.3 cm³/mol. The summed E-state index contributed by atoms with van der Waals surface area (Å²) in [6.45, 7) is -0.302. The number of hydrogen-bond acceptors (Lipinski definition) is 4. The molecule has 3 aliphatic rings. The summed E-state index contributed by atoms with van der Waals surface area (Å²) in [6, 6.07) is 13.3. The maximum absolute atomic E-state index is 13.1. The summed E-state index contributed by atoms with van der Waals surface area (Å²) in [5, 5.41) is 11.6. The van der Waals surface area contributed by atoms with Gasteiger partial charge in [0.15, 0.2) is 0 Å². The van der Waals surface area contributed by atoms with E-state index in [-0.39, 0.29) is 18.4 Å². The first-order chi connectivity index (χ1) is 11.7. The Balaban J connectivity index is 1.67. The Morgan fingerprint density at radius 2 is 1.88 bits per heavy atom. The molecule has 3 heterocycles. The van der Waals surface area contributed by atoms with Gasteiger partial charge in [-0.2, -0.15) is 0 Å². The zero-order chi connectivity index (χ0) is 16.5. The summed E-state index contributed by atoms with van der Waals surface area (Å²) >= 11 is 0. The van der Waals surface area contributed by atoms with E-state index in [4.69, 9.17) is 4.74 Å². The fourth-order valence-electron chi connectivity index (χ4n) is 4.32. The molecule has 2 bridgehead atoms. The Morgan fingerprint density at radius 3 is 2.71 bits per heavy atom. The molecule has 3 aliphatic heterocycles. The lowest BCUT2D eigenvalue weighted by atomic mass is 9.77. The standard InChI is InChI=1S/C19H15NO4/c21-10-19-9-8-14(24-19)15-16(19)18(23)20(17(15)22)13-7-3-5-11-4-1-2-6-12(11)13/h1-9,14-16,21H,10H2/t14-,15+,16-,19+/m0/s1. The topological polar surface area (TPSA) is 66.8 Å². The molecular weight excluding hydrogens is 306 g/mol. The van der Waals surface area contributed by atoms with E-state index in [1.807, 2.05) is 36.4 Å². The van der Waals surface area contributed by atoms with E-state index in [2.05, 4.69) is 0 Å². The van der Waals surface area contributed by atoms with Crippen LogP contribution in [0.15, 0.2) is 54.6 Å². The van der Waals surface area contributed by atoms with Crippen molar-refractivity contribution in [2.24, 2.45) is 11.8 Å². The van der Waals surface area contributed by atoms with Gasteiger partial charge in [0.2, 0.25) is 11.8 Å². The van der Waals surface area contributed by atoms with Crippen LogP contribution >= 0.6 is 0 Å². The highest BCUT2D eigenvalue weighted by Gasteiger charge is 2.67. The molecule has 24 heavy (non-hydrogen) atoms. The van der Waals surface area contributed by atoms with Crippen molar-refractivity contribution in [3.8, 4) is 0 Å². The second-order valence-electron chi connectivity index (χ2n) is 6.57. The summed E-state index contributed by atoms with van der Waals surface area (Å²) in [4.78, 5) is 27.4. The largest absolute Gasteiger partial charge is 0.393 e. The molecule has 2 saturated heterocycles. The predicted octanol–water partition coefficient (Wildman–Crippen LogP) is 1.65. The van der Waals surface area contributed by atoms with E-state index in [0.29, 0.717) is 5.69 Å². The first kappa shape index (κ1) is 13.9. The Labute approximate surface area is 138 Å². The number of aliphatic hydroxyl groups excluding tert-OH is 1. The number of rotatable bonds is 2. The number of hydrogen-bond donors (Lipinski definition) is 1. The molecule has 5 heteroatoms. The number of nitrogens with zero attached hydrogens (tertiary/aromatic N) is 1. The zero-order valence-corrected chi connectivity index (χ0v) is 12.8. The minimum Gasteiger partial charge on any atom is -0.393 e. The number of imide groups is 1. The lowest BCUT2D eigenvalue weighted by Gasteiger charge is -2.26. The summed E-state index contributed by atoms with van der Waals surface area (Å²) in [5.74, 6) is -1.73. The van der Waals surface area contributed by atoms with Gasteiger partial charge in [-0.15, -0.1) is 0 Å². The van der Waals surface area contributed by atoms with Gasteiger partial charge in [0.05, 0.1) is 30.2 Å². The van der Waals surface area contributed by atoms with E-state index in [9.17, 15) is 14.7 Å². The molecule has 2 fully saturated rings. The molecule has 0 spiro atoms. The van der Waals surface area contributed by atoms with Gasteiger partial charge < -0.3 is 9.84 Å². The van der Waals surface area contributed by atoms with Crippen molar-refractivity contribution in [3.63, 3.8) is 0 Å². The number of carbonyl (C=O) groups excluding carboxylic acids is 2. The SMILES string of the molecule is O=C1[C@@H]2[C@@H]3C=C[C@](CO)(O3)[C@@H]2C(=O)N1c1cccc2ccccc12. The molecule has 2 aromatic rings. The van der Waals surface area contributed by atoms with Crippen molar-refractivity contribution in [1.82, 2.24) is 0 Å². The average Bonchev–Trinajstić information content (AvgIpc) is 3.26. The second-order valence-corrected chi connectivity index (χ2v) is 6.57. The van der Waals surface area contributed by atoms with Crippen LogP contribution in [-0.2, 0) is 14.3 Å².